The average Bonchev–Trinajstić information content (AvgIpc) is 3.45. The predicted octanol–water partition coefficient (Wildman–Crippen LogP) is 4.06. The molecule has 0 unspecified atom stereocenters. The third kappa shape index (κ3) is 2.74. The first-order valence-electron chi connectivity index (χ1n) is 12.6. The van der Waals surface area contributed by atoms with Crippen LogP contribution in [0.1, 0.15) is 72.1 Å². The molecule has 6 heteroatoms. The van der Waals surface area contributed by atoms with Gasteiger partial charge in [0.05, 0.1) is 26.4 Å². The van der Waals surface area contributed by atoms with Crippen molar-refractivity contribution in [1.82, 2.24) is 0 Å². The molecule has 4 aliphatic carbocycles. The monoisotopic (exact) mass is 434 g/mol. The lowest BCUT2D eigenvalue weighted by atomic mass is 9.43. The molecule has 0 aromatic heterocycles. The fraction of sp³-hybridized carbons (Fsp3) is 0.960. The van der Waals surface area contributed by atoms with Gasteiger partial charge in [-0.05, 0) is 61.7 Å². The SMILES string of the molecule is CC(=O)O[C@@H]1CC[C@@]2(C)[C@H](C1)CC1(OCCO1)[C@@H]1[C@@H]2CC[C@@]2(C)[C@H]1CCC21OCCO1. The van der Waals surface area contributed by atoms with E-state index in [1.165, 1.54) is 13.3 Å². The Bertz CT molecular complexity index is 740. The molecule has 0 aromatic rings. The number of fused-ring (bicyclic) bond motifs is 7. The van der Waals surface area contributed by atoms with Crippen LogP contribution < -0.4 is 0 Å². The van der Waals surface area contributed by atoms with Crippen molar-refractivity contribution in [1.29, 1.82) is 0 Å². The minimum atomic E-state index is -0.497. The van der Waals surface area contributed by atoms with E-state index in [0.717, 1.165) is 44.9 Å². The Morgan fingerprint density at radius 1 is 0.871 bits per heavy atom. The zero-order valence-corrected chi connectivity index (χ0v) is 19.3. The Morgan fingerprint density at radius 3 is 2.26 bits per heavy atom. The largest absolute Gasteiger partial charge is 0.463 e. The van der Waals surface area contributed by atoms with Crippen molar-refractivity contribution >= 4 is 5.97 Å². The van der Waals surface area contributed by atoms with E-state index < -0.39 is 11.6 Å². The van der Waals surface area contributed by atoms with Crippen LogP contribution in [-0.4, -0.2) is 50.1 Å². The summed E-state index contributed by atoms with van der Waals surface area (Å²) in [7, 11) is 0. The zero-order valence-electron chi connectivity index (χ0n) is 19.3. The summed E-state index contributed by atoms with van der Waals surface area (Å²) >= 11 is 0. The van der Waals surface area contributed by atoms with E-state index in [1.807, 2.05) is 0 Å². The van der Waals surface area contributed by atoms with Crippen LogP contribution in [0.4, 0.5) is 0 Å². The number of carbonyl (C=O) groups is 1. The number of esters is 1. The van der Waals surface area contributed by atoms with Gasteiger partial charge in [-0.1, -0.05) is 13.8 Å². The highest BCUT2D eigenvalue weighted by molar-refractivity contribution is 5.66. The molecule has 2 saturated heterocycles. The van der Waals surface area contributed by atoms with Crippen LogP contribution in [0, 0.1) is 34.5 Å². The summed E-state index contributed by atoms with van der Waals surface area (Å²) in [5.74, 6) is 0.836. The van der Waals surface area contributed by atoms with Gasteiger partial charge in [-0.25, -0.2) is 0 Å². The molecule has 2 spiro atoms. The van der Waals surface area contributed by atoms with Crippen LogP contribution >= 0.6 is 0 Å². The second kappa shape index (κ2) is 6.91. The third-order valence-corrected chi connectivity index (χ3v) is 10.5. The summed E-state index contributed by atoms with van der Waals surface area (Å²) < 4.78 is 31.4. The van der Waals surface area contributed by atoms with Crippen LogP contribution in [0.2, 0.25) is 0 Å². The Kier molecular flexibility index (Phi) is 4.65. The van der Waals surface area contributed by atoms with E-state index in [1.54, 1.807) is 0 Å². The number of ether oxygens (including phenoxy) is 5. The van der Waals surface area contributed by atoms with E-state index in [2.05, 4.69) is 13.8 Å². The van der Waals surface area contributed by atoms with Crippen molar-refractivity contribution in [3.05, 3.63) is 0 Å². The third-order valence-electron chi connectivity index (χ3n) is 10.5. The molecule has 0 N–H and O–H groups in total. The van der Waals surface area contributed by atoms with E-state index in [-0.39, 0.29) is 22.9 Å². The second-order valence-corrected chi connectivity index (χ2v) is 11.6. The predicted molar refractivity (Wildman–Crippen MR) is 112 cm³/mol. The maximum absolute atomic E-state index is 11.6. The lowest BCUT2D eigenvalue weighted by molar-refractivity contribution is -0.317. The Hall–Kier alpha value is -0.690. The van der Waals surface area contributed by atoms with E-state index in [9.17, 15) is 4.79 Å². The molecule has 31 heavy (non-hydrogen) atoms. The molecule has 6 aliphatic rings. The Labute approximate surface area is 185 Å². The first-order valence-corrected chi connectivity index (χ1v) is 12.6. The van der Waals surface area contributed by atoms with Gasteiger partial charge in [0, 0.05) is 31.1 Å². The highest BCUT2D eigenvalue weighted by Crippen LogP contribution is 2.72. The van der Waals surface area contributed by atoms with Gasteiger partial charge in [-0.2, -0.15) is 0 Å². The highest BCUT2D eigenvalue weighted by Gasteiger charge is 2.72. The molecule has 0 aromatic carbocycles. The fourth-order valence-corrected chi connectivity index (χ4v) is 9.17. The molecule has 174 valence electrons. The smallest absolute Gasteiger partial charge is 0.302 e. The van der Waals surface area contributed by atoms with E-state index in [4.69, 9.17) is 23.7 Å². The van der Waals surface area contributed by atoms with Crippen molar-refractivity contribution in [2.75, 3.05) is 26.4 Å². The molecule has 0 bridgehead atoms. The van der Waals surface area contributed by atoms with Crippen LogP contribution in [0.3, 0.4) is 0 Å². The van der Waals surface area contributed by atoms with Crippen molar-refractivity contribution in [2.24, 2.45) is 34.5 Å². The minimum Gasteiger partial charge on any atom is -0.463 e. The summed E-state index contributed by atoms with van der Waals surface area (Å²) in [4.78, 5) is 11.6. The quantitative estimate of drug-likeness (QED) is 0.580. The van der Waals surface area contributed by atoms with Crippen molar-refractivity contribution in [3.63, 3.8) is 0 Å². The molecular weight excluding hydrogens is 396 g/mol. The first kappa shape index (κ1) is 20.9. The van der Waals surface area contributed by atoms with Crippen LogP contribution in [0.5, 0.6) is 0 Å². The van der Waals surface area contributed by atoms with Gasteiger partial charge in [0.1, 0.15) is 6.10 Å². The maximum Gasteiger partial charge on any atom is 0.302 e. The average molecular weight is 435 g/mol. The molecule has 0 radical (unpaired) electrons. The van der Waals surface area contributed by atoms with Gasteiger partial charge in [0.25, 0.3) is 0 Å². The highest BCUT2D eigenvalue weighted by atomic mass is 16.7. The van der Waals surface area contributed by atoms with Crippen molar-refractivity contribution < 1.29 is 28.5 Å². The summed E-state index contributed by atoms with van der Waals surface area (Å²) in [5, 5.41) is 0. The number of rotatable bonds is 1. The molecule has 6 rings (SSSR count). The number of carbonyl (C=O) groups excluding carboxylic acids is 1. The lowest BCUT2D eigenvalue weighted by Crippen LogP contribution is -2.65. The topological polar surface area (TPSA) is 63.2 Å². The molecule has 7 atom stereocenters. The molecule has 0 amide bonds. The summed E-state index contributed by atoms with van der Waals surface area (Å²) in [6.07, 6.45) is 8.42. The van der Waals surface area contributed by atoms with E-state index >= 15 is 0 Å². The molecule has 2 aliphatic heterocycles. The summed E-state index contributed by atoms with van der Waals surface area (Å²) in [6, 6.07) is 0. The molecule has 2 heterocycles. The van der Waals surface area contributed by atoms with Gasteiger partial charge >= 0.3 is 5.97 Å². The van der Waals surface area contributed by atoms with Crippen LogP contribution in [0.25, 0.3) is 0 Å². The first-order chi connectivity index (χ1) is 14.8. The number of hydrogen-bond acceptors (Lipinski definition) is 6. The fourth-order valence-electron chi connectivity index (χ4n) is 9.17. The van der Waals surface area contributed by atoms with Gasteiger partial charge in [0.15, 0.2) is 11.6 Å². The summed E-state index contributed by atoms with van der Waals surface area (Å²) in [5.41, 5.74) is 0.265. The standard InChI is InChI=1S/C25H38O6/c1-16(26)31-18-4-7-22(2)17(14-18)15-24(27-10-11-28-24)21-19(22)5-8-23(3)20(21)6-9-25(23)29-12-13-30-25/h17-21H,4-15H2,1-3H3/t17-,18-,19+,20+,21-,22+,23+/m1/s1. The minimum absolute atomic E-state index is 0.0190. The van der Waals surface area contributed by atoms with Crippen molar-refractivity contribution in [2.45, 2.75) is 89.8 Å². The van der Waals surface area contributed by atoms with E-state index in [0.29, 0.717) is 50.1 Å². The molecule has 6 nitrogen and oxygen atoms in total. The maximum atomic E-state index is 11.6. The van der Waals surface area contributed by atoms with Crippen molar-refractivity contribution in [3.8, 4) is 0 Å². The van der Waals surface area contributed by atoms with Gasteiger partial charge in [-0.3, -0.25) is 4.79 Å². The van der Waals surface area contributed by atoms with Gasteiger partial charge in [-0.15, -0.1) is 0 Å². The second-order valence-electron chi connectivity index (χ2n) is 11.6. The lowest BCUT2D eigenvalue weighted by Gasteiger charge is -2.65. The van der Waals surface area contributed by atoms with Crippen LogP contribution in [-0.2, 0) is 28.5 Å². The summed E-state index contributed by atoms with van der Waals surface area (Å²) in [6.45, 7) is 9.25. The zero-order chi connectivity index (χ0) is 21.5. The molecular formula is C25H38O6. The Morgan fingerprint density at radius 2 is 1.55 bits per heavy atom. The van der Waals surface area contributed by atoms with Gasteiger partial charge < -0.3 is 23.7 Å². The molecule has 6 fully saturated rings. The number of hydrogen-bond donors (Lipinski definition) is 0. The van der Waals surface area contributed by atoms with Gasteiger partial charge in [0.2, 0.25) is 0 Å². The molecule has 4 saturated carbocycles. The van der Waals surface area contributed by atoms with Crippen LogP contribution in [0.15, 0.2) is 0 Å². The Balaban J connectivity index is 1.36. The normalized spacial score (nSPS) is 49.6.